The van der Waals surface area contributed by atoms with Gasteiger partial charge in [-0.1, -0.05) is 12.1 Å². The van der Waals surface area contributed by atoms with E-state index in [9.17, 15) is 45.6 Å². The minimum atomic E-state index is -1.76. The van der Waals surface area contributed by atoms with Crippen LogP contribution in [-0.4, -0.2) is 109 Å². The highest BCUT2D eigenvalue weighted by Crippen LogP contribution is 2.33. The molecule has 1 aromatic heterocycles. The van der Waals surface area contributed by atoms with Crippen molar-refractivity contribution in [3.63, 3.8) is 0 Å². The lowest BCUT2D eigenvalue weighted by atomic mass is 9.98. The van der Waals surface area contributed by atoms with Crippen LogP contribution in [0.5, 0.6) is 17.2 Å². The Morgan fingerprint density at radius 3 is 2.17 bits per heavy atom. The summed E-state index contributed by atoms with van der Waals surface area (Å²) in [4.78, 5) is 13.1. The fourth-order valence-corrected chi connectivity index (χ4v) is 4.74. The maximum atomic E-state index is 13.1. The summed E-state index contributed by atoms with van der Waals surface area (Å²) < 4.78 is 27.6. The third kappa shape index (κ3) is 5.61. The maximum Gasteiger partial charge on any atom is 0.229 e. The second-order valence-corrected chi connectivity index (χ2v) is 9.99. The molecule has 0 unspecified atom stereocenters. The van der Waals surface area contributed by atoms with E-state index >= 15 is 0 Å². The van der Waals surface area contributed by atoms with Crippen LogP contribution in [0.15, 0.2) is 51.9 Å². The molecule has 3 aromatic rings. The molecule has 2 fully saturated rings. The molecule has 2 aliphatic heterocycles. The standard InChI is InChI=1S/C27H30O14/c1-10-19(30)22(33)24(35)26(39-10)38-9-17-21(32)23(34)25(36)27(41-17)40-13-6-15(29)18-16(7-13)37-8-14(20(18)31)11-2-4-12(28)5-3-11/h2-8,10,17,19,21-30,32-36H,9H2,1H3/t10-,17+,19-,21+,22+,23-,24+,25+,26+,27+/m0/s1. The fourth-order valence-electron chi connectivity index (χ4n) is 4.74. The molecule has 2 aromatic carbocycles. The molecule has 0 radical (unpaired) electrons. The molecule has 2 aliphatic rings. The Hall–Kier alpha value is -3.31. The first-order chi connectivity index (χ1) is 19.5. The zero-order valence-corrected chi connectivity index (χ0v) is 21.5. The summed E-state index contributed by atoms with van der Waals surface area (Å²) in [6.45, 7) is 0.973. The van der Waals surface area contributed by atoms with Crippen molar-refractivity contribution in [2.75, 3.05) is 6.61 Å². The Balaban J connectivity index is 1.33. The van der Waals surface area contributed by atoms with E-state index in [4.69, 9.17) is 23.4 Å². The van der Waals surface area contributed by atoms with Crippen molar-refractivity contribution in [3.05, 3.63) is 52.9 Å². The van der Waals surface area contributed by atoms with Crippen LogP contribution >= 0.6 is 0 Å². The van der Waals surface area contributed by atoms with Gasteiger partial charge in [-0.25, -0.2) is 0 Å². The first kappa shape index (κ1) is 29.2. The molecule has 222 valence electrons. The predicted molar refractivity (Wildman–Crippen MR) is 137 cm³/mol. The zero-order valence-electron chi connectivity index (χ0n) is 21.5. The van der Waals surface area contributed by atoms with Crippen LogP contribution in [0.1, 0.15) is 6.92 Å². The molecule has 0 amide bonds. The summed E-state index contributed by atoms with van der Waals surface area (Å²) in [6, 6.07) is 8.16. The summed E-state index contributed by atoms with van der Waals surface area (Å²) in [6.07, 6.45) is -13.7. The number of rotatable bonds is 6. The average Bonchev–Trinajstić information content (AvgIpc) is 2.94. The number of phenolic OH excluding ortho intramolecular Hbond substituents is 2. The van der Waals surface area contributed by atoms with Crippen LogP contribution in [0, 0.1) is 0 Å². The number of hydrogen-bond acceptors (Lipinski definition) is 14. The second-order valence-electron chi connectivity index (χ2n) is 9.99. The number of phenols is 2. The van der Waals surface area contributed by atoms with Gasteiger partial charge >= 0.3 is 0 Å². The molecule has 0 aliphatic carbocycles. The Bertz CT molecular complexity index is 1420. The van der Waals surface area contributed by atoms with Gasteiger partial charge in [-0.15, -0.1) is 0 Å². The van der Waals surface area contributed by atoms with Crippen LogP contribution in [-0.2, 0) is 14.2 Å². The molecule has 0 saturated carbocycles. The fraction of sp³-hybridized carbons (Fsp3) is 0.444. The van der Waals surface area contributed by atoms with Gasteiger partial charge in [0.25, 0.3) is 0 Å². The molecule has 5 rings (SSSR count). The van der Waals surface area contributed by atoms with Crippen molar-refractivity contribution in [2.45, 2.75) is 68.3 Å². The van der Waals surface area contributed by atoms with Crippen LogP contribution in [0.25, 0.3) is 22.1 Å². The molecule has 3 heterocycles. The summed E-state index contributed by atoms with van der Waals surface area (Å²) in [5, 5.41) is 81.2. The van der Waals surface area contributed by atoms with Gasteiger partial charge in [-0.3, -0.25) is 4.79 Å². The Morgan fingerprint density at radius 2 is 1.46 bits per heavy atom. The number of aliphatic hydroxyl groups is 6. The molecule has 0 bridgehead atoms. The summed E-state index contributed by atoms with van der Waals surface area (Å²) >= 11 is 0. The monoisotopic (exact) mass is 578 g/mol. The minimum absolute atomic E-state index is 0.00951. The lowest BCUT2D eigenvalue weighted by Crippen LogP contribution is -2.61. The number of aliphatic hydroxyl groups excluding tert-OH is 6. The van der Waals surface area contributed by atoms with E-state index in [0.29, 0.717) is 5.56 Å². The van der Waals surface area contributed by atoms with Gasteiger partial charge in [0.2, 0.25) is 11.7 Å². The van der Waals surface area contributed by atoms with Crippen LogP contribution in [0.4, 0.5) is 0 Å². The molecule has 0 spiro atoms. The predicted octanol–water partition coefficient (Wildman–Crippen LogP) is -1.10. The lowest BCUT2D eigenvalue weighted by Gasteiger charge is -2.42. The Morgan fingerprint density at radius 1 is 0.805 bits per heavy atom. The van der Waals surface area contributed by atoms with Crippen LogP contribution in [0.2, 0.25) is 0 Å². The van der Waals surface area contributed by atoms with E-state index in [2.05, 4.69) is 0 Å². The maximum absolute atomic E-state index is 13.1. The highest BCUT2D eigenvalue weighted by atomic mass is 16.7. The molecule has 10 atom stereocenters. The van der Waals surface area contributed by atoms with Crippen LogP contribution in [0.3, 0.4) is 0 Å². The van der Waals surface area contributed by atoms with Gasteiger partial charge in [0, 0.05) is 12.1 Å². The number of fused-ring (bicyclic) bond motifs is 1. The quantitative estimate of drug-likeness (QED) is 0.174. The van der Waals surface area contributed by atoms with Crippen molar-refractivity contribution in [2.24, 2.45) is 0 Å². The van der Waals surface area contributed by atoms with E-state index in [1.54, 1.807) is 0 Å². The molecule has 14 nitrogen and oxygen atoms in total. The lowest BCUT2D eigenvalue weighted by molar-refractivity contribution is -0.318. The van der Waals surface area contributed by atoms with E-state index in [0.717, 1.165) is 6.07 Å². The SMILES string of the molecule is C[C@@H]1O[C@@H](OC[C@H]2O[C@@H](Oc3cc(O)c4c(=O)c(-c5ccc(O)cc5)coc4c3)[C@H](O)[C@@H](O)[C@@H]2O)[C@H](O)[C@H](O)[C@H]1O. The average molecular weight is 579 g/mol. The smallest absolute Gasteiger partial charge is 0.229 e. The van der Waals surface area contributed by atoms with Gasteiger partial charge in [-0.05, 0) is 24.6 Å². The van der Waals surface area contributed by atoms with Crippen molar-refractivity contribution in [3.8, 4) is 28.4 Å². The Kier molecular flexibility index (Phi) is 8.20. The summed E-state index contributed by atoms with van der Waals surface area (Å²) in [5.41, 5.74) is -0.0266. The normalized spacial score (nSPS) is 34.0. The molecule has 41 heavy (non-hydrogen) atoms. The number of ether oxygens (including phenoxy) is 4. The van der Waals surface area contributed by atoms with Crippen molar-refractivity contribution in [1.82, 2.24) is 0 Å². The summed E-state index contributed by atoms with van der Waals surface area (Å²) in [7, 11) is 0. The van der Waals surface area contributed by atoms with E-state index < -0.39 is 79.2 Å². The third-order valence-electron chi connectivity index (χ3n) is 7.16. The molecular weight excluding hydrogens is 548 g/mol. The second kappa shape index (κ2) is 11.5. The first-order valence-electron chi connectivity index (χ1n) is 12.7. The van der Waals surface area contributed by atoms with Crippen LogP contribution < -0.4 is 10.2 Å². The van der Waals surface area contributed by atoms with Crippen molar-refractivity contribution < 1.29 is 64.2 Å². The van der Waals surface area contributed by atoms with Gasteiger partial charge in [-0.2, -0.15) is 0 Å². The van der Waals surface area contributed by atoms with Crippen molar-refractivity contribution >= 4 is 11.0 Å². The largest absolute Gasteiger partial charge is 0.508 e. The molecule has 8 N–H and O–H groups in total. The highest BCUT2D eigenvalue weighted by Gasteiger charge is 2.47. The minimum Gasteiger partial charge on any atom is -0.508 e. The zero-order chi connectivity index (χ0) is 29.6. The van der Waals surface area contributed by atoms with Gasteiger partial charge in [0.15, 0.2) is 6.29 Å². The van der Waals surface area contributed by atoms with Gasteiger partial charge < -0.3 is 64.2 Å². The highest BCUT2D eigenvalue weighted by molar-refractivity contribution is 5.88. The number of benzene rings is 2. The molecular formula is C27H30O14. The van der Waals surface area contributed by atoms with E-state index in [-0.39, 0.29) is 28.0 Å². The van der Waals surface area contributed by atoms with E-state index in [1.807, 2.05) is 0 Å². The first-order valence-corrected chi connectivity index (χ1v) is 12.7. The molecule has 14 heteroatoms. The number of hydrogen-bond donors (Lipinski definition) is 8. The number of aromatic hydroxyl groups is 2. The topological polar surface area (TPSA) is 229 Å². The third-order valence-corrected chi connectivity index (χ3v) is 7.16. The Labute approximate surface area is 231 Å². The van der Waals surface area contributed by atoms with E-state index in [1.165, 1.54) is 43.5 Å². The van der Waals surface area contributed by atoms with Gasteiger partial charge in [0.05, 0.1) is 18.3 Å². The van der Waals surface area contributed by atoms with Crippen molar-refractivity contribution in [1.29, 1.82) is 0 Å². The van der Waals surface area contributed by atoms with Gasteiger partial charge in [0.1, 0.15) is 77.2 Å². The molecule has 2 saturated heterocycles. The summed E-state index contributed by atoms with van der Waals surface area (Å²) in [5.74, 6) is -0.606.